The number of benzene rings is 2. The molecule has 0 radical (unpaired) electrons. The first-order valence-electron chi connectivity index (χ1n) is 13.0. The molecule has 0 aliphatic carbocycles. The molecular weight excluding hydrogens is 552 g/mol. The summed E-state index contributed by atoms with van der Waals surface area (Å²) >= 11 is 7.80. The minimum atomic E-state index is -4.34. The van der Waals surface area contributed by atoms with Crippen LogP contribution >= 0.6 is 23.4 Å². The molecule has 3 aromatic rings. The summed E-state index contributed by atoms with van der Waals surface area (Å²) in [4.78, 5) is 7.23. The molecule has 4 nitrogen and oxygen atoms in total. The standard InChI is InChI=1S/C29H33ClF4N2O2S/c1-38-21-6-7-26-23(17-21)27(24(30)18-35-26)25(31)8-9-28(19-37)10-13-36(14-11-28)12-3-15-39-22-5-2-4-20(16-22)29(32,33)34/h2,4-7,16-18,25,37H,3,8-15,19H2,1H3. The first-order chi connectivity index (χ1) is 18.6. The second kappa shape index (κ2) is 13.1. The summed E-state index contributed by atoms with van der Waals surface area (Å²) < 4.78 is 59.7. The Hall–Kier alpha value is -2.07. The van der Waals surface area contributed by atoms with Crippen molar-refractivity contribution >= 4 is 34.3 Å². The van der Waals surface area contributed by atoms with E-state index in [2.05, 4.69) is 9.88 Å². The Bertz CT molecular complexity index is 1250. The van der Waals surface area contributed by atoms with Crippen molar-refractivity contribution in [2.75, 3.05) is 39.1 Å². The highest BCUT2D eigenvalue weighted by atomic mass is 35.5. The summed E-state index contributed by atoms with van der Waals surface area (Å²) in [5, 5.41) is 11.2. The van der Waals surface area contributed by atoms with Crippen LogP contribution in [0.4, 0.5) is 17.6 Å². The molecule has 2 aromatic carbocycles. The lowest BCUT2D eigenvalue weighted by molar-refractivity contribution is -0.137. The van der Waals surface area contributed by atoms with Gasteiger partial charge in [-0.3, -0.25) is 4.98 Å². The van der Waals surface area contributed by atoms with Crippen LogP contribution < -0.4 is 4.74 Å². The lowest BCUT2D eigenvalue weighted by atomic mass is 9.74. The molecule has 39 heavy (non-hydrogen) atoms. The number of piperidine rings is 1. The number of hydrogen-bond acceptors (Lipinski definition) is 5. The SMILES string of the molecule is COc1ccc2ncc(Cl)c(C(F)CCC3(CO)CCN(CCCSc4cccc(C(F)(F)F)c4)CC3)c2c1. The van der Waals surface area contributed by atoms with Crippen molar-refractivity contribution in [2.45, 2.75) is 49.3 Å². The second-order valence-electron chi connectivity index (χ2n) is 10.1. The summed E-state index contributed by atoms with van der Waals surface area (Å²) in [5.74, 6) is 1.32. The van der Waals surface area contributed by atoms with Gasteiger partial charge in [0.2, 0.25) is 0 Å². The first kappa shape index (κ1) is 29.9. The van der Waals surface area contributed by atoms with Gasteiger partial charge in [-0.1, -0.05) is 17.7 Å². The van der Waals surface area contributed by atoms with Gasteiger partial charge >= 0.3 is 6.18 Å². The third-order valence-corrected chi connectivity index (χ3v) is 8.99. The lowest BCUT2D eigenvalue weighted by Crippen LogP contribution is -2.42. The molecular formula is C29H33ClF4N2O2S. The number of alkyl halides is 4. The van der Waals surface area contributed by atoms with Crippen molar-refractivity contribution in [3.8, 4) is 5.75 Å². The quantitative estimate of drug-likeness (QED) is 0.141. The molecule has 212 valence electrons. The number of ether oxygens (including phenoxy) is 1. The van der Waals surface area contributed by atoms with Gasteiger partial charge in [-0.2, -0.15) is 13.2 Å². The molecule has 1 unspecified atom stereocenters. The molecule has 1 aromatic heterocycles. The number of aliphatic hydroxyl groups excluding tert-OH is 1. The molecule has 2 heterocycles. The Kier molecular flexibility index (Phi) is 10.0. The first-order valence-corrected chi connectivity index (χ1v) is 14.4. The zero-order chi connectivity index (χ0) is 28.0. The van der Waals surface area contributed by atoms with Crippen LogP contribution in [0, 0.1) is 5.41 Å². The van der Waals surface area contributed by atoms with Gasteiger partial charge < -0.3 is 14.7 Å². The van der Waals surface area contributed by atoms with E-state index in [-0.39, 0.29) is 23.5 Å². The highest BCUT2D eigenvalue weighted by Gasteiger charge is 2.35. The number of hydrogen-bond donors (Lipinski definition) is 1. The van der Waals surface area contributed by atoms with Gasteiger partial charge in [0, 0.05) is 28.6 Å². The van der Waals surface area contributed by atoms with Crippen molar-refractivity contribution < 1.29 is 27.4 Å². The summed E-state index contributed by atoms with van der Waals surface area (Å²) in [6.45, 7) is 2.42. The number of likely N-dealkylation sites (tertiary alicyclic amines) is 1. The molecule has 0 spiro atoms. The molecule has 1 saturated heterocycles. The van der Waals surface area contributed by atoms with Crippen LogP contribution in [0.15, 0.2) is 53.6 Å². The molecule has 1 atom stereocenters. The highest BCUT2D eigenvalue weighted by molar-refractivity contribution is 7.99. The predicted octanol–water partition coefficient (Wildman–Crippen LogP) is 7.96. The van der Waals surface area contributed by atoms with Crippen LogP contribution in [-0.4, -0.2) is 54.1 Å². The van der Waals surface area contributed by atoms with Crippen LogP contribution in [0.5, 0.6) is 5.75 Å². The topological polar surface area (TPSA) is 45.6 Å². The van der Waals surface area contributed by atoms with Gasteiger partial charge in [0.1, 0.15) is 11.9 Å². The predicted molar refractivity (Wildman–Crippen MR) is 148 cm³/mol. The Morgan fingerprint density at radius 1 is 1.18 bits per heavy atom. The summed E-state index contributed by atoms with van der Waals surface area (Å²) in [6, 6.07) is 10.7. The van der Waals surface area contributed by atoms with E-state index in [4.69, 9.17) is 16.3 Å². The van der Waals surface area contributed by atoms with Crippen LogP contribution in [0.25, 0.3) is 10.9 Å². The zero-order valence-electron chi connectivity index (χ0n) is 21.8. The Balaban J connectivity index is 1.27. The van der Waals surface area contributed by atoms with Crippen molar-refractivity contribution in [2.24, 2.45) is 5.41 Å². The minimum Gasteiger partial charge on any atom is -0.497 e. The number of halogens is 5. The Morgan fingerprint density at radius 3 is 2.64 bits per heavy atom. The van der Waals surface area contributed by atoms with Crippen LogP contribution in [0.2, 0.25) is 5.02 Å². The number of methoxy groups -OCH3 is 1. The van der Waals surface area contributed by atoms with E-state index in [1.807, 2.05) is 0 Å². The Labute approximate surface area is 235 Å². The molecule has 10 heteroatoms. The average Bonchev–Trinajstić information content (AvgIpc) is 2.94. The zero-order valence-corrected chi connectivity index (χ0v) is 23.4. The molecule has 0 bridgehead atoms. The van der Waals surface area contributed by atoms with E-state index < -0.39 is 17.9 Å². The summed E-state index contributed by atoms with van der Waals surface area (Å²) in [5.41, 5.74) is 0.0813. The molecule has 0 saturated carbocycles. The van der Waals surface area contributed by atoms with Crippen molar-refractivity contribution in [3.63, 3.8) is 0 Å². The number of aliphatic hydroxyl groups is 1. The van der Waals surface area contributed by atoms with E-state index in [0.29, 0.717) is 33.5 Å². The Morgan fingerprint density at radius 2 is 1.95 bits per heavy atom. The third-order valence-electron chi connectivity index (χ3n) is 7.61. The van der Waals surface area contributed by atoms with Gasteiger partial charge in [-0.25, -0.2) is 4.39 Å². The highest BCUT2D eigenvalue weighted by Crippen LogP contribution is 2.42. The van der Waals surface area contributed by atoms with E-state index in [1.165, 1.54) is 30.1 Å². The van der Waals surface area contributed by atoms with Gasteiger partial charge in [0.05, 0.1) is 23.2 Å². The maximum atomic E-state index is 15.6. The molecule has 0 amide bonds. The smallest absolute Gasteiger partial charge is 0.416 e. The van der Waals surface area contributed by atoms with E-state index in [9.17, 15) is 18.3 Å². The monoisotopic (exact) mass is 584 g/mol. The van der Waals surface area contributed by atoms with Gasteiger partial charge in [0.15, 0.2) is 0 Å². The molecule has 4 rings (SSSR count). The average molecular weight is 585 g/mol. The molecule has 1 aliphatic rings. The van der Waals surface area contributed by atoms with Crippen molar-refractivity contribution in [1.29, 1.82) is 0 Å². The molecule has 1 aliphatic heterocycles. The van der Waals surface area contributed by atoms with Gasteiger partial charge in [0.25, 0.3) is 0 Å². The molecule has 1 N–H and O–H groups in total. The fourth-order valence-corrected chi connectivity index (χ4v) is 6.33. The normalized spacial score (nSPS) is 16.9. The van der Waals surface area contributed by atoms with Crippen LogP contribution in [-0.2, 0) is 6.18 Å². The van der Waals surface area contributed by atoms with E-state index in [1.54, 1.807) is 31.4 Å². The fourth-order valence-electron chi connectivity index (χ4n) is 5.17. The fraction of sp³-hybridized carbons (Fsp3) is 0.483. The van der Waals surface area contributed by atoms with E-state index in [0.717, 1.165) is 50.7 Å². The van der Waals surface area contributed by atoms with Crippen LogP contribution in [0.3, 0.4) is 0 Å². The summed E-state index contributed by atoms with van der Waals surface area (Å²) in [7, 11) is 1.55. The van der Waals surface area contributed by atoms with Gasteiger partial charge in [-0.05, 0) is 99.3 Å². The van der Waals surface area contributed by atoms with Gasteiger partial charge in [-0.15, -0.1) is 11.8 Å². The maximum absolute atomic E-state index is 15.6. The number of aromatic nitrogens is 1. The summed E-state index contributed by atoms with van der Waals surface area (Å²) in [6.07, 6.45) is -1.02. The number of fused-ring (bicyclic) bond motifs is 1. The number of thioether (sulfide) groups is 1. The largest absolute Gasteiger partial charge is 0.497 e. The minimum absolute atomic E-state index is 0.00238. The number of rotatable bonds is 11. The maximum Gasteiger partial charge on any atom is 0.416 e. The number of nitrogens with zero attached hydrogens (tertiary/aromatic N) is 2. The second-order valence-corrected chi connectivity index (χ2v) is 11.7. The third kappa shape index (κ3) is 7.57. The van der Waals surface area contributed by atoms with Crippen LogP contribution in [0.1, 0.15) is 49.4 Å². The lowest BCUT2D eigenvalue weighted by Gasteiger charge is -2.41. The van der Waals surface area contributed by atoms with E-state index >= 15 is 4.39 Å². The number of pyridine rings is 1. The molecule has 1 fully saturated rings. The van der Waals surface area contributed by atoms with Crippen molar-refractivity contribution in [1.82, 2.24) is 9.88 Å². The van der Waals surface area contributed by atoms with Crippen molar-refractivity contribution in [3.05, 3.63) is 64.8 Å².